The molecule has 0 aliphatic rings. The summed E-state index contributed by atoms with van der Waals surface area (Å²) in [6, 6.07) is 10.2. The first-order valence-electron chi connectivity index (χ1n) is 9.05. The highest BCUT2D eigenvalue weighted by Crippen LogP contribution is 2.15. The third-order valence-electron chi connectivity index (χ3n) is 3.69. The van der Waals surface area contributed by atoms with E-state index in [4.69, 9.17) is 4.74 Å². The van der Waals surface area contributed by atoms with E-state index < -0.39 is 0 Å². The summed E-state index contributed by atoms with van der Waals surface area (Å²) < 4.78 is 5.84. The van der Waals surface area contributed by atoms with Crippen molar-refractivity contribution in [2.45, 2.75) is 39.2 Å². The van der Waals surface area contributed by atoms with Crippen molar-refractivity contribution in [3.63, 3.8) is 0 Å². The maximum absolute atomic E-state index is 11.5. The van der Waals surface area contributed by atoms with Gasteiger partial charge in [-0.05, 0) is 25.3 Å². The molecular formula is C19H32N4O2. The van der Waals surface area contributed by atoms with Gasteiger partial charge in [-0.1, -0.05) is 37.3 Å². The van der Waals surface area contributed by atoms with Crippen molar-refractivity contribution < 1.29 is 9.53 Å². The number of ether oxygens (including phenoxy) is 1. The molecule has 1 unspecified atom stereocenters. The Morgan fingerprint density at radius 2 is 1.84 bits per heavy atom. The minimum absolute atomic E-state index is 0.0631. The van der Waals surface area contributed by atoms with Gasteiger partial charge in [0.25, 0.3) is 0 Å². The summed E-state index contributed by atoms with van der Waals surface area (Å²) in [7, 11) is 1.72. The molecule has 0 aromatic heterocycles. The van der Waals surface area contributed by atoms with Crippen molar-refractivity contribution in [3.8, 4) is 0 Å². The lowest BCUT2D eigenvalue weighted by molar-refractivity contribution is -0.120. The Hall–Kier alpha value is -2.08. The van der Waals surface area contributed by atoms with Gasteiger partial charge in [-0.2, -0.15) is 0 Å². The minimum Gasteiger partial charge on any atom is -0.374 e. The lowest BCUT2D eigenvalue weighted by Gasteiger charge is -2.14. The van der Waals surface area contributed by atoms with Crippen molar-refractivity contribution in [2.24, 2.45) is 4.99 Å². The number of nitrogens with one attached hydrogen (secondary N) is 3. The van der Waals surface area contributed by atoms with E-state index in [1.165, 1.54) is 5.56 Å². The van der Waals surface area contributed by atoms with Crippen LogP contribution < -0.4 is 16.0 Å². The molecule has 140 valence electrons. The van der Waals surface area contributed by atoms with Crippen LogP contribution in [0, 0.1) is 0 Å². The van der Waals surface area contributed by atoms with Gasteiger partial charge < -0.3 is 20.7 Å². The zero-order valence-corrected chi connectivity index (χ0v) is 15.7. The van der Waals surface area contributed by atoms with Crippen LogP contribution in [0.1, 0.15) is 44.8 Å². The Balaban J connectivity index is 2.10. The number of hydrogen-bond acceptors (Lipinski definition) is 3. The van der Waals surface area contributed by atoms with Gasteiger partial charge in [0.2, 0.25) is 5.91 Å². The Bertz CT molecular complexity index is 505. The summed E-state index contributed by atoms with van der Waals surface area (Å²) in [4.78, 5) is 15.7. The van der Waals surface area contributed by atoms with Gasteiger partial charge in [-0.3, -0.25) is 9.79 Å². The van der Waals surface area contributed by atoms with Crippen molar-refractivity contribution in [1.29, 1.82) is 0 Å². The van der Waals surface area contributed by atoms with E-state index in [9.17, 15) is 4.79 Å². The second-order valence-electron chi connectivity index (χ2n) is 5.80. The van der Waals surface area contributed by atoms with Crippen LogP contribution in [0.25, 0.3) is 0 Å². The van der Waals surface area contributed by atoms with E-state index in [1.807, 2.05) is 25.1 Å². The largest absolute Gasteiger partial charge is 0.374 e. The van der Waals surface area contributed by atoms with E-state index in [2.05, 4.69) is 40.0 Å². The number of aliphatic imine (C=N–C) groups is 1. The molecule has 0 spiro atoms. The Morgan fingerprint density at radius 1 is 1.12 bits per heavy atom. The predicted octanol–water partition coefficient (Wildman–Crippen LogP) is 2.24. The van der Waals surface area contributed by atoms with Crippen molar-refractivity contribution >= 4 is 11.9 Å². The molecule has 0 bridgehead atoms. The fourth-order valence-corrected chi connectivity index (χ4v) is 2.23. The highest BCUT2D eigenvalue weighted by atomic mass is 16.5. The molecule has 0 saturated carbocycles. The third-order valence-corrected chi connectivity index (χ3v) is 3.69. The Kier molecular flexibility index (Phi) is 11.1. The minimum atomic E-state index is 0.0631. The van der Waals surface area contributed by atoms with E-state index >= 15 is 0 Å². The van der Waals surface area contributed by atoms with Gasteiger partial charge in [0, 0.05) is 39.7 Å². The summed E-state index contributed by atoms with van der Waals surface area (Å²) >= 11 is 0. The molecule has 6 heteroatoms. The van der Waals surface area contributed by atoms with Gasteiger partial charge in [0.15, 0.2) is 5.96 Å². The second kappa shape index (κ2) is 13.2. The van der Waals surface area contributed by atoms with Crippen LogP contribution >= 0.6 is 0 Å². The number of hydrogen-bond donors (Lipinski definition) is 3. The summed E-state index contributed by atoms with van der Waals surface area (Å²) in [5.74, 6) is 0.771. The fourth-order valence-electron chi connectivity index (χ4n) is 2.23. The SMILES string of the molecule is CCCNC(=O)CCNC(=NC)NCCCOC(C)c1ccccc1. The topological polar surface area (TPSA) is 74.8 Å². The lowest BCUT2D eigenvalue weighted by Crippen LogP contribution is -2.40. The number of rotatable bonds is 11. The van der Waals surface area contributed by atoms with Gasteiger partial charge in [0.1, 0.15) is 0 Å². The van der Waals surface area contributed by atoms with Crippen LogP contribution in [-0.4, -0.2) is 45.2 Å². The molecule has 1 aromatic rings. The normalized spacial score (nSPS) is 12.5. The number of guanidine groups is 1. The first kappa shape index (κ1) is 21.0. The average Bonchev–Trinajstić information content (AvgIpc) is 2.65. The summed E-state index contributed by atoms with van der Waals surface area (Å²) in [5.41, 5.74) is 1.19. The average molecular weight is 348 g/mol. The first-order valence-corrected chi connectivity index (χ1v) is 9.05. The second-order valence-corrected chi connectivity index (χ2v) is 5.80. The maximum atomic E-state index is 11.5. The highest BCUT2D eigenvalue weighted by molar-refractivity contribution is 5.81. The molecule has 1 rings (SSSR count). The smallest absolute Gasteiger partial charge is 0.221 e. The summed E-state index contributed by atoms with van der Waals surface area (Å²) in [5, 5.41) is 9.22. The Labute approximate surface area is 151 Å². The van der Waals surface area contributed by atoms with Gasteiger partial charge in [0.05, 0.1) is 6.10 Å². The van der Waals surface area contributed by atoms with Gasteiger partial charge >= 0.3 is 0 Å². The molecule has 0 saturated heterocycles. The maximum Gasteiger partial charge on any atom is 0.221 e. The number of nitrogens with zero attached hydrogens (tertiary/aromatic N) is 1. The lowest BCUT2D eigenvalue weighted by atomic mass is 10.1. The zero-order chi connectivity index (χ0) is 18.3. The highest BCUT2D eigenvalue weighted by Gasteiger charge is 2.05. The molecule has 1 aromatic carbocycles. The molecule has 3 N–H and O–H groups in total. The van der Waals surface area contributed by atoms with E-state index in [1.54, 1.807) is 7.05 Å². The van der Waals surface area contributed by atoms with Gasteiger partial charge in [-0.25, -0.2) is 0 Å². The first-order chi connectivity index (χ1) is 12.2. The van der Waals surface area contributed by atoms with Crippen LogP contribution in [0.4, 0.5) is 0 Å². The van der Waals surface area contributed by atoms with Crippen molar-refractivity contribution in [2.75, 3.05) is 33.3 Å². The molecule has 0 aliphatic heterocycles. The van der Waals surface area contributed by atoms with Crippen LogP contribution in [0.2, 0.25) is 0 Å². The third kappa shape index (κ3) is 9.72. The molecule has 0 heterocycles. The van der Waals surface area contributed by atoms with Crippen molar-refractivity contribution in [3.05, 3.63) is 35.9 Å². The summed E-state index contributed by atoms with van der Waals surface area (Å²) in [6.07, 6.45) is 2.38. The monoisotopic (exact) mass is 348 g/mol. The predicted molar refractivity (Wildman–Crippen MR) is 103 cm³/mol. The summed E-state index contributed by atoms with van der Waals surface area (Å²) in [6.45, 7) is 6.84. The van der Waals surface area contributed by atoms with Crippen LogP contribution in [0.5, 0.6) is 0 Å². The standard InChI is InChI=1S/C19H32N4O2/c1-4-12-21-18(24)11-14-23-19(20-3)22-13-8-15-25-16(2)17-9-6-5-7-10-17/h5-7,9-10,16H,4,8,11-15H2,1-3H3,(H,21,24)(H2,20,22,23). The number of carbonyl (C=O) groups excluding carboxylic acids is 1. The molecule has 6 nitrogen and oxygen atoms in total. The van der Waals surface area contributed by atoms with E-state index in [0.717, 1.165) is 25.9 Å². The molecule has 0 fully saturated rings. The molecule has 25 heavy (non-hydrogen) atoms. The Morgan fingerprint density at radius 3 is 2.52 bits per heavy atom. The molecule has 0 aliphatic carbocycles. The number of amides is 1. The van der Waals surface area contributed by atoms with E-state index in [0.29, 0.717) is 25.5 Å². The number of benzene rings is 1. The molecule has 1 atom stereocenters. The molecule has 0 radical (unpaired) electrons. The zero-order valence-electron chi connectivity index (χ0n) is 15.7. The molecular weight excluding hydrogens is 316 g/mol. The number of carbonyl (C=O) groups is 1. The van der Waals surface area contributed by atoms with Crippen LogP contribution in [-0.2, 0) is 9.53 Å². The quantitative estimate of drug-likeness (QED) is 0.326. The van der Waals surface area contributed by atoms with E-state index in [-0.39, 0.29) is 12.0 Å². The van der Waals surface area contributed by atoms with Gasteiger partial charge in [-0.15, -0.1) is 0 Å². The van der Waals surface area contributed by atoms with Crippen molar-refractivity contribution in [1.82, 2.24) is 16.0 Å². The van der Waals surface area contributed by atoms with Crippen LogP contribution in [0.3, 0.4) is 0 Å². The molecule has 1 amide bonds. The van der Waals surface area contributed by atoms with Crippen LogP contribution in [0.15, 0.2) is 35.3 Å². The fraction of sp³-hybridized carbons (Fsp3) is 0.579.